The lowest BCUT2D eigenvalue weighted by molar-refractivity contribution is -0.137. The number of halogens is 5. The fourth-order valence-corrected chi connectivity index (χ4v) is 3.67. The first-order valence-corrected chi connectivity index (χ1v) is 8.34. The third kappa shape index (κ3) is 4.76. The van der Waals surface area contributed by atoms with Gasteiger partial charge in [0, 0.05) is 51.9 Å². The smallest absolute Gasteiger partial charge is 0.314 e. The number of likely N-dealkylation sites (tertiary alicyclic amines) is 1. The molecular formula is C16H22Cl2F3N3. The van der Waals surface area contributed by atoms with E-state index in [9.17, 15) is 13.2 Å². The molecule has 136 valence electrons. The van der Waals surface area contributed by atoms with Crippen molar-refractivity contribution in [2.75, 3.05) is 39.3 Å². The van der Waals surface area contributed by atoms with Gasteiger partial charge in [0.1, 0.15) is 0 Å². The number of nitrogens with zero attached hydrogens (tertiary/aromatic N) is 2. The first-order chi connectivity index (χ1) is 10.9. The zero-order valence-electron chi connectivity index (χ0n) is 13.3. The van der Waals surface area contributed by atoms with Gasteiger partial charge in [0.25, 0.3) is 0 Å². The predicted octanol–water partition coefficient (Wildman–Crippen LogP) is 3.26. The van der Waals surface area contributed by atoms with Crippen molar-refractivity contribution in [3.8, 4) is 0 Å². The zero-order valence-corrected chi connectivity index (χ0v) is 14.9. The molecule has 0 spiro atoms. The molecule has 2 saturated heterocycles. The SMILES string of the molecule is Cl.FC(F)(F)c1cc(CN2CCC(N3CCNCC3)C2)ccc1Cl. The van der Waals surface area contributed by atoms with Gasteiger partial charge in [0.05, 0.1) is 10.6 Å². The summed E-state index contributed by atoms with van der Waals surface area (Å²) in [5.41, 5.74) is -0.0720. The highest BCUT2D eigenvalue weighted by molar-refractivity contribution is 6.31. The molecule has 0 radical (unpaired) electrons. The van der Waals surface area contributed by atoms with Crippen molar-refractivity contribution in [1.29, 1.82) is 0 Å². The van der Waals surface area contributed by atoms with Gasteiger partial charge < -0.3 is 5.32 Å². The second-order valence-corrected chi connectivity index (χ2v) is 6.68. The largest absolute Gasteiger partial charge is 0.417 e. The van der Waals surface area contributed by atoms with E-state index in [1.54, 1.807) is 6.07 Å². The molecule has 0 saturated carbocycles. The number of hydrogen-bond acceptors (Lipinski definition) is 3. The van der Waals surface area contributed by atoms with Gasteiger partial charge in [-0.05, 0) is 24.1 Å². The summed E-state index contributed by atoms with van der Waals surface area (Å²) < 4.78 is 38.8. The molecule has 0 aliphatic carbocycles. The predicted molar refractivity (Wildman–Crippen MR) is 91.8 cm³/mol. The molecule has 0 amide bonds. The number of alkyl halides is 3. The van der Waals surface area contributed by atoms with Crippen LogP contribution in [0.2, 0.25) is 5.02 Å². The summed E-state index contributed by atoms with van der Waals surface area (Å²) in [6.45, 7) is 6.53. The van der Waals surface area contributed by atoms with Gasteiger partial charge in [-0.3, -0.25) is 9.80 Å². The van der Waals surface area contributed by atoms with Crippen LogP contribution in [0.3, 0.4) is 0 Å². The first-order valence-electron chi connectivity index (χ1n) is 7.96. The highest BCUT2D eigenvalue weighted by Crippen LogP contribution is 2.35. The molecule has 1 atom stereocenters. The lowest BCUT2D eigenvalue weighted by Crippen LogP contribution is -2.49. The van der Waals surface area contributed by atoms with Gasteiger partial charge in [0.15, 0.2) is 0 Å². The summed E-state index contributed by atoms with van der Waals surface area (Å²) in [6, 6.07) is 4.74. The maximum atomic E-state index is 12.9. The molecule has 8 heteroatoms. The standard InChI is InChI=1S/C16H21ClF3N3.ClH/c17-15-2-1-12(9-14(15)16(18,19)20)10-22-6-3-13(11-22)23-7-4-21-5-8-23;/h1-2,9,13,21H,3-8,10-11H2;1H. The molecule has 1 unspecified atom stereocenters. The van der Waals surface area contributed by atoms with Crippen LogP contribution < -0.4 is 5.32 Å². The van der Waals surface area contributed by atoms with Crippen LogP contribution in [0.1, 0.15) is 17.5 Å². The Kier molecular flexibility index (Phi) is 6.79. The molecule has 24 heavy (non-hydrogen) atoms. The van der Waals surface area contributed by atoms with Crippen LogP contribution in [0.4, 0.5) is 13.2 Å². The fraction of sp³-hybridized carbons (Fsp3) is 0.625. The number of hydrogen-bond donors (Lipinski definition) is 1. The van der Waals surface area contributed by atoms with Crippen molar-refractivity contribution < 1.29 is 13.2 Å². The Morgan fingerprint density at radius 2 is 1.88 bits per heavy atom. The fourth-order valence-electron chi connectivity index (χ4n) is 3.45. The number of nitrogens with one attached hydrogen (secondary N) is 1. The van der Waals surface area contributed by atoms with Gasteiger partial charge in [-0.25, -0.2) is 0 Å². The molecule has 1 N–H and O–H groups in total. The molecule has 1 aromatic rings. The third-order valence-corrected chi connectivity index (χ3v) is 4.99. The lowest BCUT2D eigenvalue weighted by Gasteiger charge is -2.32. The van der Waals surface area contributed by atoms with E-state index in [1.165, 1.54) is 12.1 Å². The van der Waals surface area contributed by atoms with Crippen LogP contribution in [0.15, 0.2) is 18.2 Å². The van der Waals surface area contributed by atoms with Crippen molar-refractivity contribution in [2.24, 2.45) is 0 Å². The third-order valence-electron chi connectivity index (χ3n) is 4.66. The van der Waals surface area contributed by atoms with E-state index in [0.717, 1.165) is 45.7 Å². The van der Waals surface area contributed by atoms with Gasteiger partial charge in [0.2, 0.25) is 0 Å². The van der Waals surface area contributed by atoms with Gasteiger partial charge in [-0.2, -0.15) is 13.2 Å². The van der Waals surface area contributed by atoms with Crippen molar-refractivity contribution in [2.45, 2.75) is 25.2 Å². The van der Waals surface area contributed by atoms with Crippen molar-refractivity contribution >= 4 is 24.0 Å². The molecule has 0 bridgehead atoms. The Labute approximate surface area is 151 Å². The monoisotopic (exact) mass is 383 g/mol. The normalized spacial score (nSPS) is 23.2. The highest BCUT2D eigenvalue weighted by atomic mass is 35.5. The van der Waals surface area contributed by atoms with E-state index in [0.29, 0.717) is 18.2 Å². The highest BCUT2D eigenvalue weighted by Gasteiger charge is 2.34. The Morgan fingerprint density at radius 3 is 2.54 bits per heavy atom. The lowest BCUT2D eigenvalue weighted by atomic mass is 10.1. The number of rotatable bonds is 3. The van der Waals surface area contributed by atoms with Gasteiger partial charge in [-0.1, -0.05) is 17.7 Å². The summed E-state index contributed by atoms with van der Waals surface area (Å²) in [6.07, 6.45) is -3.32. The number of piperazine rings is 1. The summed E-state index contributed by atoms with van der Waals surface area (Å²) in [4.78, 5) is 4.72. The molecule has 2 aliphatic rings. The zero-order chi connectivity index (χ0) is 16.4. The van der Waals surface area contributed by atoms with Crippen LogP contribution in [-0.4, -0.2) is 55.1 Å². The second kappa shape index (κ2) is 8.23. The average Bonchev–Trinajstić information content (AvgIpc) is 2.97. The minimum atomic E-state index is -4.40. The maximum Gasteiger partial charge on any atom is 0.417 e. The van der Waals surface area contributed by atoms with Crippen molar-refractivity contribution in [3.05, 3.63) is 34.3 Å². The van der Waals surface area contributed by atoms with E-state index in [-0.39, 0.29) is 17.4 Å². The Bertz CT molecular complexity index is 548. The van der Waals surface area contributed by atoms with Crippen LogP contribution in [-0.2, 0) is 12.7 Å². The van der Waals surface area contributed by atoms with E-state index >= 15 is 0 Å². The van der Waals surface area contributed by atoms with Crippen molar-refractivity contribution in [3.63, 3.8) is 0 Å². The van der Waals surface area contributed by atoms with E-state index in [2.05, 4.69) is 15.1 Å². The van der Waals surface area contributed by atoms with E-state index < -0.39 is 11.7 Å². The first kappa shape index (κ1) is 19.8. The van der Waals surface area contributed by atoms with Crippen LogP contribution >= 0.6 is 24.0 Å². The molecule has 3 nitrogen and oxygen atoms in total. The maximum absolute atomic E-state index is 12.9. The molecule has 0 aromatic heterocycles. The van der Waals surface area contributed by atoms with E-state index in [1.807, 2.05) is 0 Å². The van der Waals surface area contributed by atoms with Crippen LogP contribution in [0.5, 0.6) is 0 Å². The quantitative estimate of drug-likeness (QED) is 0.863. The van der Waals surface area contributed by atoms with E-state index in [4.69, 9.17) is 11.6 Å². The van der Waals surface area contributed by atoms with Crippen molar-refractivity contribution in [1.82, 2.24) is 15.1 Å². The molecule has 2 aliphatic heterocycles. The second-order valence-electron chi connectivity index (χ2n) is 6.28. The summed E-state index contributed by atoms with van der Waals surface area (Å²) in [5, 5.41) is 3.11. The van der Waals surface area contributed by atoms with Gasteiger partial charge >= 0.3 is 6.18 Å². The van der Waals surface area contributed by atoms with Gasteiger partial charge in [-0.15, -0.1) is 12.4 Å². The minimum Gasteiger partial charge on any atom is -0.314 e. The Balaban J connectivity index is 0.00000208. The Hall–Kier alpha value is -0.530. The summed E-state index contributed by atoms with van der Waals surface area (Å²) >= 11 is 5.68. The van der Waals surface area contributed by atoms with Crippen LogP contribution in [0.25, 0.3) is 0 Å². The molecule has 2 heterocycles. The molecule has 3 rings (SSSR count). The average molecular weight is 384 g/mol. The summed E-state index contributed by atoms with van der Waals surface area (Å²) in [7, 11) is 0. The Morgan fingerprint density at radius 1 is 1.17 bits per heavy atom. The molecule has 1 aromatic carbocycles. The topological polar surface area (TPSA) is 18.5 Å². The summed E-state index contributed by atoms with van der Waals surface area (Å²) in [5.74, 6) is 0. The molecule has 2 fully saturated rings. The van der Waals surface area contributed by atoms with Crippen LogP contribution in [0, 0.1) is 0 Å². The number of benzene rings is 1. The minimum absolute atomic E-state index is 0. The molecular weight excluding hydrogens is 362 g/mol.